The van der Waals surface area contributed by atoms with E-state index < -0.39 is 21.3 Å². The summed E-state index contributed by atoms with van der Waals surface area (Å²) < 4.78 is 20.8. The van der Waals surface area contributed by atoms with Crippen LogP contribution in [0.15, 0.2) is 40.9 Å². The van der Waals surface area contributed by atoms with Crippen molar-refractivity contribution >= 4 is 49.2 Å². The zero-order valence-corrected chi connectivity index (χ0v) is 22.3. The molecule has 0 unspecified atom stereocenters. The minimum absolute atomic E-state index is 0.0530. The first-order valence-electron chi connectivity index (χ1n) is 10.7. The third-order valence-electron chi connectivity index (χ3n) is 5.61. The number of ether oxygens (including phenoxy) is 1. The summed E-state index contributed by atoms with van der Waals surface area (Å²) in [6.07, 6.45) is 8.04. The van der Waals surface area contributed by atoms with E-state index >= 15 is 0 Å². The number of anilines is 1. The lowest BCUT2D eigenvalue weighted by molar-refractivity contribution is -0.118. The highest BCUT2D eigenvalue weighted by atomic mass is 79.9. The van der Waals surface area contributed by atoms with Gasteiger partial charge in [-0.1, -0.05) is 23.7 Å². The number of nitrogens with one attached hydrogen (secondary N) is 1. The number of tetrazole rings is 1. The smallest absolute Gasteiger partial charge is 0.235 e. The van der Waals surface area contributed by atoms with Gasteiger partial charge in [-0.2, -0.15) is 0 Å². The van der Waals surface area contributed by atoms with E-state index in [9.17, 15) is 9.18 Å². The molecule has 1 heterocycles. The Morgan fingerprint density at radius 3 is 2.74 bits per heavy atom. The summed E-state index contributed by atoms with van der Waals surface area (Å²) in [5, 5.41) is 15.7. The maximum atomic E-state index is 14.7. The Kier molecular flexibility index (Phi) is 7.33. The number of carbonyl (C=O) groups is 1. The van der Waals surface area contributed by atoms with Crippen LogP contribution < -0.4 is 5.32 Å². The van der Waals surface area contributed by atoms with Gasteiger partial charge in [-0.3, -0.25) is 4.79 Å². The predicted molar refractivity (Wildman–Crippen MR) is 138 cm³/mol. The number of aromatic nitrogens is 4. The molecule has 3 aromatic rings. The van der Waals surface area contributed by atoms with Gasteiger partial charge in [0.05, 0.1) is 17.7 Å². The molecule has 1 amide bonds. The summed E-state index contributed by atoms with van der Waals surface area (Å²) >= 11 is 9.47. The van der Waals surface area contributed by atoms with Crippen LogP contribution in [0.5, 0.6) is 0 Å². The molecule has 0 atom stereocenters. The molecule has 7 nitrogen and oxygen atoms in total. The Balaban J connectivity index is 1.49. The highest BCUT2D eigenvalue weighted by molar-refractivity contribution is 9.10. The van der Waals surface area contributed by atoms with Crippen LogP contribution in [0.1, 0.15) is 18.4 Å². The molecular weight excluding hydrogens is 545 g/mol. The highest BCUT2D eigenvalue weighted by Gasteiger charge is 2.51. The van der Waals surface area contributed by atoms with Gasteiger partial charge < -0.3 is 10.1 Å². The highest BCUT2D eigenvalue weighted by Crippen LogP contribution is 2.49. The Hall–Kier alpha value is -2.01. The Bertz CT molecular complexity index is 1210. The van der Waals surface area contributed by atoms with Crippen molar-refractivity contribution in [2.75, 3.05) is 36.4 Å². The fourth-order valence-corrected chi connectivity index (χ4v) is 4.78. The molecule has 182 valence electrons. The van der Waals surface area contributed by atoms with Gasteiger partial charge in [0.2, 0.25) is 11.7 Å². The fraction of sp³-hybridized carbons (Fsp3) is 0.391. The number of carbonyl (C=O) groups excluding carboxylic acids is 1. The molecule has 0 bridgehead atoms. The van der Waals surface area contributed by atoms with Crippen molar-refractivity contribution in [3.63, 3.8) is 0 Å². The summed E-state index contributed by atoms with van der Waals surface area (Å²) in [5.74, 6) is 0.445. The van der Waals surface area contributed by atoms with E-state index in [1.54, 1.807) is 12.1 Å². The first-order chi connectivity index (χ1) is 16.1. The predicted octanol–water partition coefficient (Wildman–Crippen LogP) is 5.23. The minimum Gasteiger partial charge on any atom is -0.356 e. The van der Waals surface area contributed by atoms with Crippen LogP contribution in [0.4, 0.5) is 10.1 Å². The van der Waals surface area contributed by atoms with E-state index in [-0.39, 0.29) is 18.3 Å². The second-order valence-corrected chi connectivity index (χ2v) is 15.1. The lowest BCUT2D eigenvalue weighted by atomic mass is 9.95. The lowest BCUT2D eigenvalue weighted by Crippen LogP contribution is -2.28. The van der Waals surface area contributed by atoms with E-state index in [4.69, 9.17) is 16.3 Å². The number of halogens is 3. The summed E-state index contributed by atoms with van der Waals surface area (Å²) in [5.41, 5.74) is 0.692. The maximum Gasteiger partial charge on any atom is 0.235 e. The van der Waals surface area contributed by atoms with Crippen LogP contribution in [0, 0.1) is 5.82 Å². The molecule has 1 aliphatic rings. The fourth-order valence-electron chi connectivity index (χ4n) is 3.48. The SMILES string of the molecule is CS(C)(C)CCOCn1nnc(-c2cc(NC(=O)C3(c4cccc(Cl)c4)CC3)c(F)cc2Br)n1. The van der Waals surface area contributed by atoms with Crippen LogP contribution in [0.2, 0.25) is 5.02 Å². The Labute approximate surface area is 212 Å². The minimum atomic E-state index is -0.696. The first-order valence-corrected chi connectivity index (χ1v) is 14.9. The molecule has 1 aliphatic carbocycles. The zero-order chi connectivity index (χ0) is 24.5. The monoisotopic (exact) mass is 569 g/mol. The largest absolute Gasteiger partial charge is 0.356 e. The number of rotatable bonds is 9. The number of nitrogens with zero attached hydrogens (tertiary/aromatic N) is 4. The molecule has 0 radical (unpaired) electrons. The summed E-state index contributed by atoms with van der Waals surface area (Å²) in [6, 6.07) is 10.0. The van der Waals surface area contributed by atoms with Gasteiger partial charge in [-0.15, -0.1) is 15.0 Å². The van der Waals surface area contributed by atoms with Crippen molar-refractivity contribution in [2.24, 2.45) is 0 Å². The Morgan fingerprint density at radius 1 is 1.29 bits per heavy atom. The van der Waals surface area contributed by atoms with Gasteiger partial charge in [-0.05, 0) is 82.6 Å². The second kappa shape index (κ2) is 9.93. The van der Waals surface area contributed by atoms with Gasteiger partial charge in [0, 0.05) is 20.8 Å². The molecule has 4 rings (SSSR count). The van der Waals surface area contributed by atoms with Crippen LogP contribution in [0.25, 0.3) is 11.4 Å². The molecule has 1 aromatic heterocycles. The van der Waals surface area contributed by atoms with E-state index in [1.807, 2.05) is 12.1 Å². The number of benzene rings is 2. The average Bonchev–Trinajstić information content (AvgIpc) is 3.45. The van der Waals surface area contributed by atoms with E-state index in [0.717, 1.165) is 11.3 Å². The van der Waals surface area contributed by atoms with Crippen molar-refractivity contribution < 1.29 is 13.9 Å². The summed E-state index contributed by atoms with van der Waals surface area (Å²) in [6.45, 7) is 0.785. The number of hydrogen-bond acceptors (Lipinski definition) is 5. The van der Waals surface area contributed by atoms with Crippen molar-refractivity contribution in [2.45, 2.75) is 25.0 Å². The average molecular weight is 571 g/mol. The molecule has 11 heteroatoms. The van der Waals surface area contributed by atoms with E-state index in [2.05, 4.69) is 55.4 Å². The van der Waals surface area contributed by atoms with E-state index in [1.165, 1.54) is 16.9 Å². The standard InChI is InChI=1S/C23H26BrClFN5O2S/c1-34(2,3)10-9-33-14-31-29-21(28-30-31)17-12-20(19(26)13-18(17)24)27-22(32)23(7-8-23)15-5-4-6-16(25)11-15/h4-6,11-13H,7-10,14H2,1-3H3,(H,27,32). The van der Waals surface area contributed by atoms with E-state index in [0.29, 0.717) is 40.3 Å². The molecule has 0 saturated heterocycles. The first kappa shape index (κ1) is 25.1. The van der Waals surface area contributed by atoms with Crippen LogP contribution in [-0.4, -0.2) is 57.2 Å². The molecule has 1 N–H and O–H groups in total. The Morgan fingerprint density at radius 2 is 2.06 bits per heavy atom. The van der Waals surface area contributed by atoms with Gasteiger partial charge >= 0.3 is 0 Å². The van der Waals surface area contributed by atoms with Crippen LogP contribution in [0.3, 0.4) is 0 Å². The topological polar surface area (TPSA) is 81.9 Å². The van der Waals surface area contributed by atoms with Gasteiger partial charge in [0.1, 0.15) is 5.82 Å². The summed E-state index contributed by atoms with van der Waals surface area (Å²) in [4.78, 5) is 14.5. The van der Waals surface area contributed by atoms with Crippen molar-refractivity contribution in [1.29, 1.82) is 0 Å². The normalized spacial score (nSPS) is 15.2. The zero-order valence-electron chi connectivity index (χ0n) is 19.1. The number of amides is 1. The molecule has 0 spiro atoms. The third-order valence-corrected chi connectivity index (χ3v) is 7.89. The van der Waals surface area contributed by atoms with Crippen molar-refractivity contribution in [3.05, 3.63) is 57.3 Å². The quantitative estimate of drug-likeness (QED) is 0.356. The van der Waals surface area contributed by atoms with Gasteiger partial charge in [0.25, 0.3) is 0 Å². The second-order valence-electron chi connectivity index (χ2n) is 9.18. The molecule has 1 saturated carbocycles. The van der Waals surface area contributed by atoms with Gasteiger partial charge in [-0.25, -0.2) is 14.4 Å². The third kappa shape index (κ3) is 5.79. The molecule has 2 aromatic carbocycles. The van der Waals surface area contributed by atoms with Gasteiger partial charge in [0.15, 0.2) is 6.73 Å². The molecule has 1 fully saturated rings. The molecule has 34 heavy (non-hydrogen) atoms. The van der Waals surface area contributed by atoms with Crippen LogP contribution >= 0.6 is 37.6 Å². The van der Waals surface area contributed by atoms with Crippen molar-refractivity contribution in [3.8, 4) is 11.4 Å². The number of hydrogen-bond donors (Lipinski definition) is 1. The van der Waals surface area contributed by atoms with Crippen LogP contribution in [-0.2, 0) is 21.7 Å². The molecule has 0 aliphatic heterocycles. The summed E-state index contributed by atoms with van der Waals surface area (Å²) in [7, 11) is -0.640. The molecular formula is C23H26BrClFN5O2S. The maximum absolute atomic E-state index is 14.7. The lowest BCUT2D eigenvalue weighted by Gasteiger charge is -2.24. The van der Waals surface area contributed by atoms with Crippen molar-refractivity contribution in [1.82, 2.24) is 20.2 Å².